The first kappa shape index (κ1) is 102. The third kappa shape index (κ3) is 76.8. The van der Waals surface area contributed by atoms with Gasteiger partial charge in [0.25, 0.3) is 0 Å². The lowest BCUT2D eigenvalue weighted by Gasteiger charge is -2.21. The number of aliphatic hydroxyl groups excluding tert-OH is 1. The standard InChI is InChI=1S/C85H166O17P2/c1-8-10-11-12-13-14-15-16-17-23-26-31-38-45-52-59-66-82(87)95-72-80(101-84(89)68-61-54-47-39-32-27-24-21-19-18-20-22-25-30-37-44-51-58-65-78(7)9-2)74-99-103(91,92)97-70-79(86)71-98-104(93,94)100-75-81(73-96-83(88)67-60-53-46-41-34-36-43-50-57-64-77(5)6)102-85(90)69-62-55-48-40-33-28-29-35-42-49-56-63-76(3)4/h76-81,86H,8-75H2,1-7H3,(H,91,92)(H,93,94)/t78?,79-,80-,81-/m1/s1. The van der Waals surface area contributed by atoms with Crippen LogP contribution in [0.4, 0.5) is 0 Å². The molecule has 0 aromatic heterocycles. The number of ether oxygens (including phenoxy) is 4. The lowest BCUT2D eigenvalue weighted by molar-refractivity contribution is -0.161. The molecule has 3 N–H and O–H groups in total. The maximum atomic E-state index is 13.1. The van der Waals surface area contributed by atoms with Gasteiger partial charge in [0, 0.05) is 25.7 Å². The Morgan fingerprint density at radius 3 is 0.731 bits per heavy atom. The van der Waals surface area contributed by atoms with Gasteiger partial charge in [-0.15, -0.1) is 0 Å². The van der Waals surface area contributed by atoms with Crippen LogP contribution in [0.15, 0.2) is 0 Å². The van der Waals surface area contributed by atoms with Crippen LogP contribution in [-0.4, -0.2) is 96.7 Å². The van der Waals surface area contributed by atoms with E-state index < -0.39 is 97.5 Å². The molecular weight excluding hydrogens is 1350 g/mol. The van der Waals surface area contributed by atoms with Crippen LogP contribution in [0, 0.1) is 17.8 Å². The van der Waals surface area contributed by atoms with E-state index >= 15 is 0 Å². The quantitative estimate of drug-likeness (QED) is 0.0222. The summed E-state index contributed by atoms with van der Waals surface area (Å²) in [6, 6.07) is 0. The Morgan fingerprint density at radius 1 is 0.279 bits per heavy atom. The van der Waals surface area contributed by atoms with E-state index in [1.165, 1.54) is 257 Å². The third-order valence-corrected chi connectivity index (χ3v) is 22.1. The molecule has 0 saturated carbocycles. The molecule has 618 valence electrons. The van der Waals surface area contributed by atoms with Crippen molar-refractivity contribution in [1.29, 1.82) is 0 Å². The largest absolute Gasteiger partial charge is 0.472 e. The maximum Gasteiger partial charge on any atom is 0.472 e. The van der Waals surface area contributed by atoms with E-state index in [0.29, 0.717) is 25.7 Å². The van der Waals surface area contributed by atoms with Crippen molar-refractivity contribution < 1.29 is 80.2 Å². The van der Waals surface area contributed by atoms with Gasteiger partial charge in [-0.25, -0.2) is 9.13 Å². The molecule has 0 aliphatic rings. The van der Waals surface area contributed by atoms with E-state index in [-0.39, 0.29) is 25.7 Å². The summed E-state index contributed by atoms with van der Waals surface area (Å²) in [7, 11) is -9.93. The minimum Gasteiger partial charge on any atom is -0.462 e. The Morgan fingerprint density at radius 2 is 0.490 bits per heavy atom. The van der Waals surface area contributed by atoms with Gasteiger partial charge in [-0.1, -0.05) is 395 Å². The van der Waals surface area contributed by atoms with Crippen molar-refractivity contribution in [3.8, 4) is 0 Å². The summed E-state index contributed by atoms with van der Waals surface area (Å²) >= 11 is 0. The first-order valence-electron chi connectivity index (χ1n) is 43.9. The zero-order valence-electron chi connectivity index (χ0n) is 68.5. The Kier molecular flexibility index (Phi) is 73.7. The van der Waals surface area contributed by atoms with E-state index in [4.69, 9.17) is 37.0 Å². The molecule has 104 heavy (non-hydrogen) atoms. The van der Waals surface area contributed by atoms with Crippen LogP contribution in [0.2, 0.25) is 0 Å². The molecule has 0 aromatic rings. The SMILES string of the molecule is CCCCCCCCCCCCCCCCCCC(=O)OC[C@H](COP(=O)(O)OC[C@@H](O)COP(=O)(O)OC[C@@H](COC(=O)CCCCCCCCCCCC(C)C)OC(=O)CCCCCCCCCCCCCC(C)C)OC(=O)CCCCCCCCCCCCCCCCCCCCC(C)CC. The van der Waals surface area contributed by atoms with E-state index in [2.05, 4.69) is 48.5 Å². The van der Waals surface area contributed by atoms with E-state index in [1.54, 1.807) is 0 Å². The molecule has 0 heterocycles. The normalized spacial score (nSPS) is 14.2. The molecule has 19 heteroatoms. The van der Waals surface area contributed by atoms with Gasteiger partial charge in [-0.3, -0.25) is 37.3 Å². The number of hydrogen-bond donors (Lipinski definition) is 3. The van der Waals surface area contributed by atoms with Crippen molar-refractivity contribution in [3.05, 3.63) is 0 Å². The minimum absolute atomic E-state index is 0.106. The van der Waals surface area contributed by atoms with Gasteiger partial charge in [0.15, 0.2) is 12.2 Å². The van der Waals surface area contributed by atoms with Crippen molar-refractivity contribution in [2.75, 3.05) is 39.6 Å². The van der Waals surface area contributed by atoms with Gasteiger partial charge in [0.05, 0.1) is 26.4 Å². The monoisotopic (exact) mass is 1520 g/mol. The highest BCUT2D eigenvalue weighted by Gasteiger charge is 2.30. The van der Waals surface area contributed by atoms with E-state index in [9.17, 15) is 43.2 Å². The fourth-order valence-corrected chi connectivity index (χ4v) is 14.7. The van der Waals surface area contributed by atoms with Crippen LogP contribution in [-0.2, 0) is 65.4 Å². The molecule has 0 aliphatic carbocycles. The summed E-state index contributed by atoms with van der Waals surface area (Å²) in [6.45, 7) is 12.0. The summed E-state index contributed by atoms with van der Waals surface area (Å²) in [6.07, 6.45) is 65.2. The number of hydrogen-bond acceptors (Lipinski definition) is 15. The maximum absolute atomic E-state index is 13.1. The fourth-order valence-electron chi connectivity index (χ4n) is 13.2. The molecule has 0 fully saturated rings. The first-order valence-corrected chi connectivity index (χ1v) is 46.9. The zero-order chi connectivity index (χ0) is 76.5. The molecule has 0 aromatic carbocycles. The summed E-state index contributed by atoms with van der Waals surface area (Å²) in [5, 5.41) is 10.7. The number of carbonyl (C=O) groups is 4. The van der Waals surface area contributed by atoms with Crippen LogP contribution in [0.1, 0.15) is 447 Å². The molecule has 6 atom stereocenters. The second kappa shape index (κ2) is 75.1. The number of rotatable bonds is 83. The van der Waals surface area contributed by atoms with Crippen molar-refractivity contribution in [3.63, 3.8) is 0 Å². The lowest BCUT2D eigenvalue weighted by Crippen LogP contribution is -2.30. The van der Waals surface area contributed by atoms with Crippen LogP contribution >= 0.6 is 15.6 Å². The highest BCUT2D eigenvalue weighted by molar-refractivity contribution is 7.47. The van der Waals surface area contributed by atoms with Gasteiger partial charge in [-0.05, 0) is 43.4 Å². The molecule has 0 amide bonds. The van der Waals surface area contributed by atoms with Crippen molar-refractivity contribution in [1.82, 2.24) is 0 Å². The number of carbonyl (C=O) groups excluding carboxylic acids is 4. The number of aliphatic hydroxyl groups is 1. The predicted molar refractivity (Wildman–Crippen MR) is 428 cm³/mol. The van der Waals surface area contributed by atoms with E-state index in [1.807, 2.05) is 0 Å². The van der Waals surface area contributed by atoms with Gasteiger partial charge in [0.1, 0.15) is 19.3 Å². The molecule has 0 rings (SSSR count). The van der Waals surface area contributed by atoms with Crippen LogP contribution < -0.4 is 0 Å². The van der Waals surface area contributed by atoms with Crippen molar-refractivity contribution in [2.45, 2.75) is 465 Å². The first-order chi connectivity index (χ1) is 50.3. The predicted octanol–water partition coefficient (Wildman–Crippen LogP) is 25.7. The smallest absolute Gasteiger partial charge is 0.462 e. The molecule has 0 spiro atoms. The molecule has 17 nitrogen and oxygen atoms in total. The molecule has 3 unspecified atom stereocenters. The van der Waals surface area contributed by atoms with Gasteiger partial charge in [0.2, 0.25) is 0 Å². The topological polar surface area (TPSA) is 237 Å². The van der Waals surface area contributed by atoms with Gasteiger partial charge in [-0.2, -0.15) is 0 Å². The Balaban J connectivity index is 5.24. The minimum atomic E-state index is -4.97. The van der Waals surface area contributed by atoms with Crippen LogP contribution in [0.5, 0.6) is 0 Å². The Hall–Kier alpha value is -1.94. The average molecular weight is 1520 g/mol. The van der Waals surface area contributed by atoms with Gasteiger partial charge < -0.3 is 33.8 Å². The summed E-state index contributed by atoms with van der Waals surface area (Å²) in [4.78, 5) is 73.2. The molecule has 0 aliphatic heterocycles. The molecule has 0 saturated heterocycles. The Bertz CT molecular complexity index is 2010. The lowest BCUT2D eigenvalue weighted by atomic mass is 9.99. The van der Waals surface area contributed by atoms with Crippen LogP contribution in [0.3, 0.4) is 0 Å². The number of esters is 4. The highest BCUT2D eigenvalue weighted by Crippen LogP contribution is 2.45. The third-order valence-electron chi connectivity index (χ3n) is 20.2. The van der Waals surface area contributed by atoms with E-state index in [0.717, 1.165) is 108 Å². The number of phosphoric ester groups is 2. The van der Waals surface area contributed by atoms with Crippen molar-refractivity contribution in [2.24, 2.45) is 17.8 Å². The zero-order valence-corrected chi connectivity index (χ0v) is 70.3. The second-order valence-corrected chi connectivity index (χ2v) is 34.7. The number of unbranched alkanes of at least 4 members (excludes halogenated alkanes) is 50. The summed E-state index contributed by atoms with van der Waals surface area (Å²) in [5.74, 6) is 0.275. The van der Waals surface area contributed by atoms with Crippen LogP contribution in [0.25, 0.3) is 0 Å². The fraction of sp³-hybridized carbons (Fsp3) is 0.953. The molecule has 0 bridgehead atoms. The summed E-state index contributed by atoms with van der Waals surface area (Å²) < 4.78 is 68.9. The number of phosphoric acid groups is 2. The summed E-state index contributed by atoms with van der Waals surface area (Å²) in [5.41, 5.74) is 0. The average Bonchev–Trinajstić information content (AvgIpc) is 0.941. The van der Waals surface area contributed by atoms with Crippen molar-refractivity contribution >= 4 is 39.5 Å². The second-order valence-electron chi connectivity index (χ2n) is 31.8. The Labute approximate surface area is 638 Å². The highest BCUT2D eigenvalue weighted by atomic mass is 31.2. The van der Waals surface area contributed by atoms with Gasteiger partial charge >= 0.3 is 39.5 Å². The molecule has 0 radical (unpaired) electrons. The molecular formula is C85H166O17P2.